The van der Waals surface area contributed by atoms with Gasteiger partial charge in [0.25, 0.3) is 0 Å². The first-order valence-corrected chi connectivity index (χ1v) is 6.19. The molecule has 1 heterocycles. The molecule has 0 N–H and O–H groups in total. The Hall–Kier alpha value is -1.39. The Morgan fingerprint density at radius 1 is 1.28 bits per heavy atom. The van der Waals surface area contributed by atoms with E-state index in [1.807, 2.05) is 0 Å². The van der Waals surface area contributed by atoms with Gasteiger partial charge in [-0.3, -0.25) is 9.59 Å². The molecule has 1 aromatic rings. The first-order chi connectivity index (χ1) is 8.66. The Morgan fingerprint density at radius 2 is 2.00 bits per heavy atom. The van der Waals surface area contributed by atoms with E-state index in [9.17, 15) is 9.59 Å². The molecule has 18 heavy (non-hydrogen) atoms. The smallest absolute Gasteiger partial charge is 0.225 e. The van der Waals surface area contributed by atoms with Crippen LogP contribution in [0.2, 0.25) is 5.02 Å². The molecule has 1 fully saturated rings. The molecule has 1 saturated heterocycles. The number of carbonyl (C=O) groups is 2. The summed E-state index contributed by atoms with van der Waals surface area (Å²) >= 11 is 5.76. The van der Waals surface area contributed by atoms with Crippen molar-refractivity contribution in [2.45, 2.75) is 6.42 Å². The predicted octanol–water partition coefficient (Wildman–Crippen LogP) is 1.77. The monoisotopic (exact) mass is 267 g/mol. The van der Waals surface area contributed by atoms with Crippen LogP contribution in [0.3, 0.4) is 0 Å². The lowest BCUT2D eigenvalue weighted by atomic mass is 10.1. The van der Waals surface area contributed by atoms with Gasteiger partial charge < -0.3 is 9.64 Å². The lowest BCUT2D eigenvalue weighted by molar-refractivity contribution is -0.129. The molecule has 96 valence electrons. The topological polar surface area (TPSA) is 46.6 Å². The van der Waals surface area contributed by atoms with Crippen LogP contribution >= 0.6 is 11.6 Å². The zero-order chi connectivity index (χ0) is 13.0. The average molecular weight is 268 g/mol. The fourth-order valence-electron chi connectivity index (χ4n) is 1.79. The second kappa shape index (κ2) is 5.98. The maximum absolute atomic E-state index is 12.0. The molecule has 2 rings (SSSR count). The Kier molecular flexibility index (Phi) is 4.33. The highest BCUT2D eigenvalue weighted by atomic mass is 35.5. The molecule has 5 heteroatoms. The Labute approximate surface area is 110 Å². The first kappa shape index (κ1) is 13.1. The van der Waals surface area contributed by atoms with Crippen molar-refractivity contribution in [2.75, 3.05) is 26.3 Å². The lowest BCUT2D eigenvalue weighted by Gasteiger charge is -2.18. The van der Waals surface area contributed by atoms with E-state index in [0.717, 1.165) is 0 Å². The van der Waals surface area contributed by atoms with Crippen LogP contribution < -0.4 is 0 Å². The van der Waals surface area contributed by atoms with E-state index in [2.05, 4.69) is 0 Å². The molecular formula is C13H14ClNO3. The van der Waals surface area contributed by atoms with Crippen LogP contribution in [0.15, 0.2) is 24.3 Å². The van der Waals surface area contributed by atoms with Crippen LogP contribution in [0.5, 0.6) is 0 Å². The van der Waals surface area contributed by atoms with Gasteiger partial charge in [-0.25, -0.2) is 0 Å². The van der Waals surface area contributed by atoms with Crippen molar-refractivity contribution in [1.29, 1.82) is 0 Å². The molecule has 4 nitrogen and oxygen atoms in total. The molecule has 0 aliphatic carbocycles. The molecule has 1 aliphatic heterocycles. The number of nitrogens with zero attached hydrogens (tertiary/aromatic N) is 1. The molecular weight excluding hydrogens is 254 g/mol. The van der Waals surface area contributed by atoms with E-state index >= 15 is 0 Å². The van der Waals surface area contributed by atoms with Crippen molar-refractivity contribution < 1.29 is 14.3 Å². The highest BCUT2D eigenvalue weighted by molar-refractivity contribution is 6.30. The van der Waals surface area contributed by atoms with Crippen molar-refractivity contribution in [2.24, 2.45) is 0 Å². The zero-order valence-electron chi connectivity index (χ0n) is 9.89. The normalized spacial score (nSPS) is 16.5. The van der Waals surface area contributed by atoms with Crippen LogP contribution in [0.25, 0.3) is 0 Å². The molecule has 1 aliphatic rings. The molecule has 0 spiro atoms. The zero-order valence-corrected chi connectivity index (χ0v) is 10.7. The van der Waals surface area contributed by atoms with E-state index in [1.54, 1.807) is 29.2 Å². The van der Waals surface area contributed by atoms with E-state index in [4.69, 9.17) is 16.3 Å². The van der Waals surface area contributed by atoms with Gasteiger partial charge in [-0.2, -0.15) is 0 Å². The molecule has 0 saturated carbocycles. The van der Waals surface area contributed by atoms with Gasteiger partial charge in [0.2, 0.25) is 5.91 Å². The Morgan fingerprint density at radius 3 is 2.72 bits per heavy atom. The molecule has 0 unspecified atom stereocenters. The fraction of sp³-hybridized carbons (Fsp3) is 0.385. The third kappa shape index (κ3) is 3.31. The van der Waals surface area contributed by atoms with Gasteiger partial charge >= 0.3 is 0 Å². The number of hydrogen-bond donors (Lipinski definition) is 0. The van der Waals surface area contributed by atoms with Gasteiger partial charge in [-0.1, -0.05) is 11.6 Å². The second-order valence-electron chi connectivity index (χ2n) is 4.11. The molecule has 0 bridgehead atoms. The second-order valence-corrected chi connectivity index (χ2v) is 4.54. The highest BCUT2D eigenvalue weighted by Gasteiger charge is 2.20. The van der Waals surface area contributed by atoms with Gasteiger partial charge in [0, 0.05) is 17.1 Å². The molecule has 0 radical (unpaired) electrons. The van der Waals surface area contributed by atoms with E-state index in [1.165, 1.54) is 0 Å². The third-order valence-corrected chi connectivity index (χ3v) is 3.07. The van der Waals surface area contributed by atoms with Crippen LogP contribution in [0.1, 0.15) is 16.8 Å². The van der Waals surface area contributed by atoms with Crippen LogP contribution in [-0.4, -0.2) is 42.9 Å². The Bertz CT molecular complexity index is 444. The SMILES string of the molecule is O=C(CN1CCOCCC1=O)c1ccc(Cl)cc1. The van der Waals surface area contributed by atoms with Crippen molar-refractivity contribution in [3.05, 3.63) is 34.9 Å². The number of benzene rings is 1. The molecule has 0 atom stereocenters. The van der Waals surface area contributed by atoms with Gasteiger partial charge in [0.15, 0.2) is 5.78 Å². The summed E-state index contributed by atoms with van der Waals surface area (Å²) in [5.74, 6) is -0.114. The largest absolute Gasteiger partial charge is 0.379 e. The highest BCUT2D eigenvalue weighted by Crippen LogP contribution is 2.11. The first-order valence-electron chi connectivity index (χ1n) is 5.81. The van der Waals surface area contributed by atoms with Crippen molar-refractivity contribution in [1.82, 2.24) is 4.90 Å². The third-order valence-electron chi connectivity index (χ3n) is 2.82. The molecule has 0 aromatic heterocycles. The summed E-state index contributed by atoms with van der Waals surface area (Å²) in [4.78, 5) is 25.3. The molecule has 1 aromatic carbocycles. The number of hydrogen-bond acceptors (Lipinski definition) is 3. The number of amides is 1. The minimum Gasteiger partial charge on any atom is -0.379 e. The predicted molar refractivity (Wildman–Crippen MR) is 67.8 cm³/mol. The quantitative estimate of drug-likeness (QED) is 0.784. The summed E-state index contributed by atoms with van der Waals surface area (Å²) in [7, 11) is 0. The minimum atomic E-state index is -0.0816. The fourth-order valence-corrected chi connectivity index (χ4v) is 1.91. The van der Waals surface area contributed by atoms with Crippen LogP contribution in [0, 0.1) is 0 Å². The molecule has 1 amide bonds. The summed E-state index contributed by atoms with van der Waals surface area (Å²) in [6, 6.07) is 6.68. The summed E-state index contributed by atoms with van der Waals surface area (Å²) < 4.78 is 5.21. The van der Waals surface area contributed by atoms with E-state index < -0.39 is 0 Å². The van der Waals surface area contributed by atoms with Gasteiger partial charge in [-0.05, 0) is 24.3 Å². The van der Waals surface area contributed by atoms with Crippen molar-refractivity contribution >= 4 is 23.3 Å². The van der Waals surface area contributed by atoms with Gasteiger partial charge in [0.1, 0.15) is 0 Å². The maximum Gasteiger partial charge on any atom is 0.225 e. The van der Waals surface area contributed by atoms with E-state index in [-0.39, 0.29) is 18.2 Å². The summed E-state index contributed by atoms with van der Waals surface area (Å²) in [5, 5.41) is 0.589. The van der Waals surface area contributed by atoms with Gasteiger partial charge in [0.05, 0.1) is 26.2 Å². The number of ketones is 1. The van der Waals surface area contributed by atoms with Crippen LogP contribution in [-0.2, 0) is 9.53 Å². The summed E-state index contributed by atoms with van der Waals surface area (Å²) in [5.41, 5.74) is 0.567. The average Bonchev–Trinajstić information content (AvgIpc) is 2.56. The van der Waals surface area contributed by atoms with Crippen molar-refractivity contribution in [3.8, 4) is 0 Å². The van der Waals surface area contributed by atoms with E-state index in [0.29, 0.717) is 36.8 Å². The lowest BCUT2D eigenvalue weighted by Crippen LogP contribution is -2.36. The standard InChI is InChI=1S/C13H14ClNO3/c14-11-3-1-10(2-4-11)12(16)9-15-6-8-18-7-5-13(15)17/h1-4H,5-9H2. The number of Topliss-reactive ketones (excluding diaryl/α,β-unsaturated/α-hetero) is 1. The summed E-state index contributed by atoms with van der Waals surface area (Å²) in [6.45, 7) is 1.49. The van der Waals surface area contributed by atoms with Crippen molar-refractivity contribution in [3.63, 3.8) is 0 Å². The number of carbonyl (C=O) groups excluding carboxylic acids is 2. The summed E-state index contributed by atoms with van der Waals surface area (Å²) in [6.07, 6.45) is 0.341. The van der Waals surface area contributed by atoms with Gasteiger partial charge in [-0.15, -0.1) is 0 Å². The number of ether oxygens (including phenoxy) is 1. The maximum atomic E-state index is 12.0. The Balaban J connectivity index is 2.01. The number of halogens is 1. The minimum absolute atomic E-state index is 0.0326. The van der Waals surface area contributed by atoms with Crippen LogP contribution in [0.4, 0.5) is 0 Å². The number of rotatable bonds is 3.